The predicted octanol–water partition coefficient (Wildman–Crippen LogP) is 2.29. The van der Waals surface area contributed by atoms with Gasteiger partial charge in [0.2, 0.25) is 0 Å². The Bertz CT molecular complexity index is 1100. The van der Waals surface area contributed by atoms with Crippen molar-refractivity contribution in [3.63, 3.8) is 0 Å². The highest BCUT2D eigenvalue weighted by molar-refractivity contribution is 5.94. The van der Waals surface area contributed by atoms with Gasteiger partial charge < -0.3 is 15.1 Å². The summed E-state index contributed by atoms with van der Waals surface area (Å²) in [4.78, 5) is 29.5. The lowest BCUT2D eigenvalue weighted by Crippen LogP contribution is -2.53. The molecule has 2 aliphatic rings. The van der Waals surface area contributed by atoms with E-state index < -0.39 is 0 Å². The first kappa shape index (κ1) is 19.2. The van der Waals surface area contributed by atoms with Crippen LogP contribution in [0.2, 0.25) is 0 Å². The number of carbonyl (C=O) groups is 2. The maximum absolute atomic E-state index is 12.8. The molecule has 31 heavy (non-hydrogen) atoms. The molecule has 1 saturated heterocycles. The van der Waals surface area contributed by atoms with Crippen molar-refractivity contribution in [3.8, 4) is 0 Å². The van der Waals surface area contributed by atoms with E-state index in [2.05, 4.69) is 20.4 Å². The van der Waals surface area contributed by atoms with E-state index >= 15 is 0 Å². The summed E-state index contributed by atoms with van der Waals surface area (Å²) in [5.74, 6) is 0.657. The van der Waals surface area contributed by atoms with E-state index in [0.29, 0.717) is 37.4 Å². The summed E-state index contributed by atoms with van der Waals surface area (Å²) in [6.45, 7) is 2.44. The van der Waals surface area contributed by atoms with Gasteiger partial charge in [-0.1, -0.05) is 48.5 Å². The second-order valence-corrected chi connectivity index (χ2v) is 7.92. The highest BCUT2D eigenvalue weighted by Crippen LogP contribution is 2.32. The van der Waals surface area contributed by atoms with E-state index in [9.17, 15) is 9.59 Å². The summed E-state index contributed by atoms with van der Waals surface area (Å²) < 4.78 is 0. The van der Waals surface area contributed by atoms with Crippen molar-refractivity contribution in [2.45, 2.75) is 19.0 Å². The van der Waals surface area contributed by atoms with Gasteiger partial charge >= 0.3 is 0 Å². The van der Waals surface area contributed by atoms with Crippen LogP contribution in [0.3, 0.4) is 0 Å². The first-order chi connectivity index (χ1) is 15.2. The second-order valence-electron chi connectivity index (χ2n) is 7.92. The van der Waals surface area contributed by atoms with E-state index in [0.717, 1.165) is 23.4 Å². The van der Waals surface area contributed by atoms with Crippen LogP contribution >= 0.6 is 0 Å². The highest BCUT2D eigenvalue weighted by atomic mass is 16.2. The molecule has 3 heterocycles. The molecular formula is C24H23N5O2. The molecule has 1 atom stereocenters. The Morgan fingerprint density at radius 2 is 1.71 bits per heavy atom. The van der Waals surface area contributed by atoms with Gasteiger partial charge in [-0.2, -0.15) is 0 Å². The molecular weight excluding hydrogens is 390 g/mol. The minimum Gasteiger partial charge on any atom is -0.348 e. The average molecular weight is 413 g/mol. The van der Waals surface area contributed by atoms with Crippen LogP contribution in [0.4, 0.5) is 5.82 Å². The number of piperazine rings is 1. The van der Waals surface area contributed by atoms with Crippen molar-refractivity contribution in [2.24, 2.45) is 0 Å². The smallest absolute Gasteiger partial charge is 0.272 e. The summed E-state index contributed by atoms with van der Waals surface area (Å²) >= 11 is 0. The van der Waals surface area contributed by atoms with Gasteiger partial charge in [0.25, 0.3) is 11.8 Å². The van der Waals surface area contributed by atoms with E-state index in [-0.39, 0.29) is 17.9 Å². The van der Waals surface area contributed by atoms with Crippen LogP contribution in [0.25, 0.3) is 0 Å². The van der Waals surface area contributed by atoms with Crippen LogP contribution < -0.4 is 10.2 Å². The van der Waals surface area contributed by atoms with Gasteiger partial charge in [-0.3, -0.25) is 9.59 Å². The fourth-order valence-electron chi connectivity index (χ4n) is 4.31. The van der Waals surface area contributed by atoms with Crippen molar-refractivity contribution < 1.29 is 9.59 Å². The molecule has 156 valence electrons. The van der Waals surface area contributed by atoms with Crippen molar-refractivity contribution in [1.82, 2.24) is 20.4 Å². The van der Waals surface area contributed by atoms with Crippen LogP contribution in [-0.4, -0.2) is 52.6 Å². The van der Waals surface area contributed by atoms with Crippen molar-refractivity contribution >= 4 is 17.6 Å². The molecule has 0 radical (unpaired) electrons. The molecule has 7 nitrogen and oxygen atoms in total. The fraction of sp³-hybridized carbons (Fsp3) is 0.250. The molecule has 0 spiro atoms. The molecule has 1 unspecified atom stereocenters. The number of carbonyl (C=O) groups excluding carboxylic acids is 2. The number of aromatic nitrogens is 2. The van der Waals surface area contributed by atoms with Gasteiger partial charge in [0.1, 0.15) is 0 Å². The maximum Gasteiger partial charge on any atom is 0.272 e. The van der Waals surface area contributed by atoms with Crippen LogP contribution in [0.15, 0.2) is 66.7 Å². The van der Waals surface area contributed by atoms with Gasteiger partial charge in [0.05, 0.1) is 6.04 Å². The van der Waals surface area contributed by atoms with Crippen molar-refractivity contribution in [3.05, 3.63) is 89.1 Å². The average Bonchev–Trinajstić information content (AvgIpc) is 3.20. The normalized spacial score (nSPS) is 17.1. The number of nitrogens with zero attached hydrogens (tertiary/aromatic N) is 4. The molecule has 2 aliphatic heterocycles. The molecule has 0 bridgehead atoms. The van der Waals surface area contributed by atoms with Crippen LogP contribution in [0.1, 0.15) is 32.0 Å². The van der Waals surface area contributed by atoms with Crippen molar-refractivity contribution in [1.29, 1.82) is 0 Å². The number of hydrogen-bond acceptors (Lipinski definition) is 5. The molecule has 1 fully saturated rings. The van der Waals surface area contributed by atoms with Crippen LogP contribution in [0.5, 0.6) is 0 Å². The number of anilines is 1. The minimum absolute atomic E-state index is 0.0586. The van der Waals surface area contributed by atoms with Gasteiger partial charge in [0, 0.05) is 37.3 Å². The van der Waals surface area contributed by atoms with Crippen LogP contribution in [-0.2, 0) is 13.0 Å². The Morgan fingerprint density at radius 1 is 0.968 bits per heavy atom. The number of fused-ring (bicyclic) bond motifs is 3. The standard InChI is InChI=1S/C24H23N5O2/c30-23(25-15-17-7-3-1-4-8-17)21-14-19-13-20-16-28(11-12-29(20)22(19)27-26-21)24(31)18-9-5-2-6-10-18/h1-10,14,20H,11-13,15-16H2,(H,25,30). The van der Waals surface area contributed by atoms with Gasteiger partial charge in [-0.15, -0.1) is 10.2 Å². The molecule has 5 rings (SSSR count). The molecule has 0 aliphatic carbocycles. The molecule has 1 aromatic heterocycles. The Labute approximate surface area is 180 Å². The van der Waals surface area contributed by atoms with E-state index in [1.807, 2.05) is 71.6 Å². The second kappa shape index (κ2) is 8.18. The fourth-order valence-corrected chi connectivity index (χ4v) is 4.31. The molecule has 2 aromatic carbocycles. The Kier molecular flexibility index (Phi) is 5.08. The first-order valence-electron chi connectivity index (χ1n) is 10.5. The third-order valence-corrected chi connectivity index (χ3v) is 5.90. The zero-order valence-corrected chi connectivity index (χ0v) is 17.1. The van der Waals surface area contributed by atoms with E-state index in [1.54, 1.807) is 0 Å². The summed E-state index contributed by atoms with van der Waals surface area (Å²) in [6.07, 6.45) is 0.752. The van der Waals surface area contributed by atoms with E-state index in [4.69, 9.17) is 0 Å². The van der Waals surface area contributed by atoms with Crippen LogP contribution in [0, 0.1) is 0 Å². The lowest BCUT2D eigenvalue weighted by Gasteiger charge is -2.38. The summed E-state index contributed by atoms with van der Waals surface area (Å²) in [6, 6.07) is 21.1. The van der Waals surface area contributed by atoms with E-state index in [1.165, 1.54) is 0 Å². The number of nitrogens with one attached hydrogen (secondary N) is 1. The summed E-state index contributed by atoms with van der Waals surface area (Å²) in [5.41, 5.74) is 3.08. The third kappa shape index (κ3) is 3.86. The lowest BCUT2D eigenvalue weighted by molar-refractivity contribution is 0.0724. The van der Waals surface area contributed by atoms with Gasteiger partial charge in [-0.25, -0.2) is 0 Å². The molecule has 1 N–H and O–H groups in total. The monoisotopic (exact) mass is 413 g/mol. The zero-order chi connectivity index (χ0) is 21.2. The minimum atomic E-state index is -0.232. The molecule has 2 amide bonds. The molecule has 7 heteroatoms. The Hall–Kier alpha value is -3.74. The number of amides is 2. The third-order valence-electron chi connectivity index (χ3n) is 5.90. The summed E-state index contributed by atoms with van der Waals surface area (Å²) in [7, 11) is 0. The number of benzene rings is 2. The first-order valence-corrected chi connectivity index (χ1v) is 10.5. The number of rotatable bonds is 4. The molecule has 3 aromatic rings. The molecule has 0 saturated carbocycles. The SMILES string of the molecule is O=C(NCc1ccccc1)c1cc2c(nn1)N1CCN(C(=O)c3ccccc3)CC1C2. The topological polar surface area (TPSA) is 78.4 Å². The highest BCUT2D eigenvalue weighted by Gasteiger charge is 2.37. The Balaban J connectivity index is 1.25. The Morgan fingerprint density at radius 3 is 2.48 bits per heavy atom. The maximum atomic E-state index is 12.8. The number of hydrogen-bond donors (Lipinski definition) is 1. The largest absolute Gasteiger partial charge is 0.348 e. The van der Waals surface area contributed by atoms with Crippen molar-refractivity contribution in [2.75, 3.05) is 24.5 Å². The van der Waals surface area contributed by atoms with Gasteiger partial charge in [-0.05, 0) is 30.2 Å². The predicted molar refractivity (Wildman–Crippen MR) is 117 cm³/mol. The summed E-state index contributed by atoms with van der Waals surface area (Å²) in [5, 5.41) is 11.4. The zero-order valence-electron chi connectivity index (χ0n) is 17.1. The van der Waals surface area contributed by atoms with Gasteiger partial charge in [0.15, 0.2) is 11.5 Å². The lowest BCUT2D eigenvalue weighted by atomic mass is 10.1. The quantitative estimate of drug-likeness (QED) is 0.710.